The van der Waals surface area contributed by atoms with Crippen LogP contribution in [0.2, 0.25) is 0 Å². The van der Waals surface area contributed by atoms with Gasteiger partial charge in [-0.1, -0.05) is 11.3 Å². The van der Waals surface area contributed by atoms with Crippen LogP contribution in [-0.4, -0.2) is 53.5 Å². The van der Waals surface area contributed by atoms with Crippen LogP contribution in [0.5, 0.6) is 0 Å². The number of hydrogen-bond acceptors (Lipinski definition) is 8. The summed E-state index contributed by atoms with van der Waals surface area (Å²) in [6.45, 7) is 2.51. The summed E-state index contributed by atoms with van der Waals surface area (Å²) in [5.74, 6) is 0.978. The summed E-state index contributed by atoms with van der Waals surface area (Å²) in [4.78, 5) is 12.8. The zero-order chi connectivity index (χ0) is 15.4. The second kappa shape index (κ2) is 6.97. The van der Waals surface area contributed by atoms with Gasteiger partial charge in [-0.3, -0.25) is 0 Å². The van der Waals surface area contributed by atoms with Crippen LogP contribution in [0.3, 0.4) is 0 Å². The molecule has 1 fully saturated rings. The van der Waals surface area contributed by atoms with Crippen LogP contribution in [0.25, 0.3) is 0 Å². The Labute approximate surface area is 134 Å². The van der Waals surface area contributed by atoms with Gasteiger partial charge >= 0.3 is 0 Å². The minimum absolute atomic E-state index is 0.498. The maximum atomic E-state index is 5.10. The van der Waals surface area contributed by atoms with Crippen LogP contribution in [0.4, 0.5) is 10.9 Å². The highest BCUT2D eigenvalue weighted by Crippen LogP contribution is 2.26. The number of methoxy groups -OCH3 is 1. The molecule has 2 aromatic heterocycles. The zero-order valence-electron chi connectivity index (χ0n) is 12.8. The fraction of sp³-hybridized carbons (Fsp3) is 0.571. The number of rotatable bonds is 5. The van der Waals surface area contributed by atoms with Gasteiger partial charge in [0.2, 0.25) is 5.13 Å². The normalized spacial score (nSPS) is 16.0. The van der Waals surface area contributed by atoms with Crippen molar-refractivity contribution in [3.63, 3.8) is 0 Å². The predicted molar refractivity (Wildman–Crippen MR) is 86.3 cm³/mol. The summed E-state index contributed by atoms with van der Waals surface area (Å²) in [5.41, 5.74) is 0. The topological polar surface area (TPSA) is 67.3 Å². The smallest absolute Gasteiger partial charge is 0.208 e. The van der Waals surface area contributed by atoms with Gasteiger partial charge in [0, 0.05) is 39.5 Å². The van der Waals surface area contributed by atoms with Gasteiger partial charge in [0.25, 0.3) is 0 Å². The number of anilines is 2. The van der Waals surface area contributed by atoms with Gasteiger partial charge in [-0.2, -0.15) is 0 Å². The number of piperidine rings is 1. The van der Waals surface area contributed by atoms with Gasteiger partial charge in [0.05, 0.1) is 0 Å². The lowest BCUT2D eigenvalue weighted by Gasteiger charge is -2.36. The molecule has 0 atom stereocenters. The molecule has 3 rings (SSSR count). The summed E-state index contributed by atoms with van der Waals surface area (Å²) in [6, 6.07) is 2.45. The van der Waals surface area contributed by atoms with Crippen molar-refractivity contribution in [1.82, 2.24) is 20.2 Å². The standard InChI is InChI=1S/C14H20N6OS/c1-19(12-3-6-15-10-16-12)11-4-7-20(8-5-11)14-18-17-13(22-14)9-21-2/h3,6,10-11H,4-5,7-9H2,1-2H3. The molecule has 0 saturated carbocycles. The van der Waals surface area contributed by atoms with E-state index < -0.39 is 0 Å². The molecular formula is C14H20N6OS. The largest absolute Gasteiger partial charge is 0.377 e. The molecule has 0 amide bonds. The minimum Gasteiger partial charge on any atom is -0.377 e. The summed E-state index contributed by atoms with van der Waals surface area (Å²) in [5, 5.41) is 10.3. The fourth-order valence-electron chi connectivity index (χ4n) is 2.68. The van der Waals surface area contributed by atoms with E-state index in [1.165, 1.54) is 0 Å². The Hall–Kier alpha value is -1.80. The SMILES string of the molecule is COCc1nnc(N2CCC(N(C)c3ccncn3)CC2)s1. The molecule has 118 valence electrons. The summed E-state index contributed by atoms with van der Waals surface area (Å²) >= 11 is 1.61. The van der Waals surface area contributed by atoms with Crippen LogP contribution in [0.1, 0.15) is 17.8 Å². The number of nitrogens with zero attached hydrogens (tertiary/aromatic N) is 6. The molecule has 1 aliphatic rings. The maximum Gasteiger partial charge on any atom is 0.208 e. The second-order valence-corrected chi connectivity index (χ2v) is 6.35. The summed E-state index contributed by atoms with van der Waals surface area (Å²) in [7, 11) is 3.78. The highest BCUT2D eigenvalue weighted by Gasteiger charge is 2.25. The fourth-order valence-corrected chi connectivity index (χ4v) is 3.54. The first kappa shape index (κ1) is 15.1. The molecule has 3 heterocycles. The summed E-state index contributed by atoms with van der Waals surface area (Å²) < 4.78 is 5.10. The van der Waals surface area contributed by atoms with Gasteiger partial charge in [-0.15, -0.1) is 10.2 Å². The number of aromatic nitrogens is 4. The zero-order valence-corrected chi connectivity index (χ0v) is 13.7. The molecule has 0 bridgehead atoms. The third kappa shape index (κ3) is 3.33. The van der Waals surface area contributed by atoms with Crippen molar-refractivity contribution in [2.75, 3.05) is 37.0 Å². The Morgan fingerprint density at radius 3 is 2.86 bits per heavy atom. The van der Waals surface area contributed by atoms with Crippen LogP contribution in [0.15, 0.2) is 18.6 Å². The Morgan fingerprint density at radius 2 is 2.18 bits per heavy atom. The minimum atomic E-state index is 0.498. The molecule has 22 heavy (non-hydrogen) atoms. The van der Waals surface area contributed by atoms with Crippen molar-refractivity contribution < 1.29 is 4.74 Å². The van der Waals surface area contributed by atoms with E-state index in [1.54, 1.807) is 31.0 Å². The van der Waals surface area contributed by atoms with E-state index in [0.29, 0.717) is 12.6 Å². The van der Waals surface area contributed by atoms with E-state index in [2.05, 4.69) is 37.0 Å². The highest BCUT2D eigenvalue weighted by atomic mass is 32.1. The maximum absolute atomic E-state index is 5.10. The predicted octanol–water partition coefficient (Wildman–Crippen LogP) is 1.58. The first-order valence-electron chi connectivity index (χ1n) is 7.33. The lowest BCUT2D eigenvalue weighted by molar-refractivity contribution is 0.184. The van der Waals surface area contributed by atoms with Crippen molar-refractivity contribution in [2.24, 2.45) is 0 Å². The third-order valence-electron chi connectivity index (χ3n) is 3.93. The van der Waals surface area contributed by atoms with Crippen molar-refractivity contribution in [3.05, 3.63) is 23.6 Å². The molecule has 2 aromatic rings. The first-order valence-corrected chi connectivity index (χ1v) is 8.14. The lowest BCUT2D eigenvalue weighted by atomic mass is 10.0. The molecule has 0 aliphatic carbocycles. The second-order valence-electron chi connectivity index (χ2n) is 5.31. The van der Waals surface area contributed by atoms with Crippen LogP contribution in [-0.2, 0) is 11.3 Å². The Morgan fingerprint density at radius 1 is 1.36 bits per heavy atom. The summed E-state index contributed by atoms with van der Waals surface area (Å²) in [6.07, 6.45) is 5.55. The van der Waals surface area contributed by atoms with E-state index in [1.807, 2.05) is 6.07 Å². The lowest BCUT2D eigenvalue weighted by Crippen LogP contribution is -2.43. The average Bonchev–Trinajstić information content (AvgIpc) is 3.04. The van der Waals surface area contributed by atoms with Gasteiger partial charge in [0.15, 0.2) is 0 Å². The van der Waals surface area contributed by atoms with E-state index in [-0.39, 0.29) is 0 Å². The Balaban J connectivity index is 1.57. The molecule has 7 nitrogen and oxygen atoms in total. The van der Waals surface area contributed by atoms with E-state index >= 15 is 0 Å². The van der Waals surface area contributed by atoms with Gasteiger partial charge < -0.3 is 14.5 Å². The molecule has 0 N–H and O–H groups in total. The van der Waals surface area contributed by atoms with Gasteiger partial charge in [-0.25, -0.2) is 9.97 Å². The molecule has 8 heteroatoms. The molecule has 0 unspecified atom stereocenters. The first-order chi connectivity index (χ1) is 10.8. The molecule has 1 saturated heterocycles. The molecule has 0 spiro atoms. The van der Waals surface area contributed by atoms with E-state index in [4.69, 9.17) is 4.74 Å². The van der Waals surface area contributed by atoms with Crippen molar-refractivity contribution in [2.45, 2.75) is 25.5 Å². The van der Waals surface area contributed by atoms with Crippen LogP contribution in [0, 0.1) is 0 Å². The van der Waals surface area contributed by atoms with Crippen molar-refractivity contribution in [1.29, 1.82) is 0 Å². The quantitative estimate of drug-likeness (QED) is 0.828. The monoisotopic (exact) mass is 320 g/mol. The average molecular weight is 320 g/mol. The molecule has 0 radical (unpaired) electrons. The van der Waals surface area contributed by atoms with Crippen LogP contribution >= 0.6 is 11.3 Å². The number of ether oxygens (including phenoxy) is 1. The molecule has 1 aliphatic heterocycles. The molecular weight excluding hydrogens is 300 g/mol. The Kier molecular flexibility index (Phi) is 4.79. The van der Waals surface area contributed by atoms with Crippen molar-refractivity contribution >= 4 is 22.3 Å². The number of hydrogen-bond donors (Lipinski definition) is 0. The van der Waals surface area contributed by atoms with Gasteiger partial charge in [-0.05, 0) is 18.9 Å². The van der Waals surface area contributed by atoms with E-state index in [0.717, 1.165) is 41.9 Å². The van der Waals surface area contributed by atoms with E-state index in [9.17, 15) is 0 Å². The highest BCUT2D eigenvalue weighted by molar-refractivity contribution is 7.15. The van der Waals surface area contributed by atoms with Crippen LogP contribution < -0.4 is 9.80 Å². The van der Waals surface area contributed by atoms with Crippen molar-refractivity contribution in [3.8, 4) is 0 Å². The Bertz CT molecular complexity index is 584. The van der Waals surface area contributed by atoms with Gasteiger partial charge in [0.1, 0.15) is 23.8 Å². The third-order valence-corrected chi connectivity index (χ3v) is 4.89. The molecule has 0 aromatic carbocycles.